The van der Waals surface area contributed by atoms with E-state index < -0.39 is 10.8 Å². The van der Waals surface area contributed by atoms with E-state index in [2.05, 4.69) is 40.0 Å². The Morgan fingerprint density at radius 1 is 1.19 bits per heavy atom. The zero-order chi connectivity index (χ0) is 21.0. The van der Waals surface area contributed by atoms with Crippen molar-refractivity contribution in [2.75, 3.05) is 51.7 Å². The fraction of sp³-hybridized carbons (Fsp3) is 0.500. The van der Waals surface area contributed by atoms with Gasteiger partial charge in [0.2, 0.25) is 0 Å². The highest BCUT2D eigenvalue weighted by atomic mass is 127. The third kappa shape index (κ3) is 9.17. The molecule has 0 saturated carbocycles. The van der Waals surface area contributed by atoms with Crippen LogP contribution in [0.25, 0.3) is 0 Å². The van der Waals surface area contributed by atoms with Gasteiger partial charge < -0.3 is 15.4 Å². The second-order valence-corrected chi connectivity index (χ2v) is 9.66. The highest BCUT2D eigenvalue weighted by molar-refractivity contribution is 14.0. The largest absolute Gasteiger partial charge is 0.379 e. The van der Waals surface area contributed by atoms with Crippen molar-refractivity contribution in [3.05, 3.63) is 58.3 Å². The van der Waals surface area contributed by atoms with Crippen molar-refractivity contribution in [1.82, 2.24) is 15.5 Å². The van der Waals surface area contributed by atoms with Gasteiger partial charge in [0.25, 0.3) is 0 Å². The molecule has 2 aromatic rings. The molecule has 0 bridgehead atoms. The molecule has 1 aromatic carbocycles. The number of hydrogen-bond acceptors (Lipinski definition) is 5. The lowest BCUT2D eigenvalue weighted by molar-refractivity contribution is 0.0186. The number of hydrogen-bond donors (Lipinski definition) is 2. The van der Waals surface area contributed by atoms with E-state index >= 15 is 0 Å². The van der Waals surface area contributed by atoms with Gasteiger partial charge in [-0.05, 0) is 23.9 Å². The maximum atomic E-state index is 12.4. The molecule has 1 saturated heterocycles. The second-order valence-electron chi connectivity index (χ2n) is 7.10. The van der Waals surface area contributed by atoms with E-state index in [1.165, 1.54) is 4.88 Å². The van der Waals surface area contributed by atoms with Gasteiger partial charge in [-0.25, -0.2) is 0 Å². The van der Waals surface area contributed by atoms with Crippen LogP contribution in [-0.2, 0) is 21.3 Å². The second kappa shape index (κ2) is 14.9. The van der Waals surface area contributed by atoms with Gasteiger partial charge >= 0.3 is 0 Å². The Hall–Kier alpha value is -1.01. The lowest BCUT2D eigenvalue weighted by Crippen LogP contribution is -2.42. The Morgan fingerprint density at radius 2 is 1.97 bits per heavy atom. The molecule has 2 atom stereocenters. The predicted octanol–water partition coefficient (Wildman–Crippen LogP) is 3.24. The summed E-state index contributed by atoms with van der Waals surface area (Å²) in [6.07, 6.45) is 0. The number of ether oxygens (including phenoxy) is 1. The molecule has 1 aromatic heterocycles. The molecule has 0 amide bonds. The van der Waals surface area contributed by atoms with Gasteiger partial charge in [-0.2, -0.15) is 0 Å². The average molecular weight is 577 g/mol. The van der Waals surface area contributed by atoms with Crippen LogP contribution in [0.3, 0.4) is 0 Å². The summed E-state index contributed by atoms with van der Waals surface area (Å²) < 4.78 is 17.9. The van der Waals surface area contributed by atoms with Crippen LogP contribution in [0.5, 0.6) is 0 Å². The number of rotatable bonds is 10. The van der Waals surface area contributed by atoms with Crippen molar-refractivity contribution >= 4 is 52.1 Å². The van der Waals surface area contributed by atoms with Gasteiger partial charge in [-0.15, -0.1) is 35.3 Å². The van der Waals surface area contributed by atoms with Crippen LogP contribution in [0.1, 0.15) is 23.4 Å². The summed E-state index contributed by atoms with van der Waals surface area (Å²) in [7, 11) is -0.898. The van der Waals surface area contributed by atoms with Crippen LogP contribution in [-0.4, -0.2) is 66.8 Å². The number of morpholine rings is 1. The normalized spacial score (nSPS) is 16.9. The molecule has 0 spiro atoms. The summed E-state index contributed by atoms with van der Waals surface area (Å²) in [5.74, 6) is 1.97. The van der Waals surface area contributed by atoms with Gasteiger partial charge in [0.05, 0.1) is 25.8 Å². The van der Waals surface area contributed by atoms with Gasteiger partial charge in [-0.3, -0.25) is 14.1 Å². The van der Waals surface area contributed by atoms with Crippen LogP contribution in [0, 0.1) is 0 Å². The Balaban J connectivity index is 0.00000341. The smallest absolute Gasteiger partial charge is 0.191 e. The van der Waals surface area contributed by atoms with Crippen LogP contribution in [0.15, 0.2) is 52.8 Å². The molecule has 2 heterocycles. The molecule has 172 valence electrons. The van der Waals surface area contributed by atoms with Gasteiger partial charge in [0.1, 0.15) is 0 Å². The van der Waals surface area contributed by atoms with Crippen LogP contribution >= 0.6 is 35.3 Å². The van der Waals surface area contributed by atoms with Crippen LogP contribution < -0.4 is 10.6 Å². The van der Waals surface area contributed by atoms with E-state index in [1.54, 1.807) is 11.3 Å². The molecular weight excluding hydrogens is 543 g/mol. The maximum Gasteiger partial charge on any atom is 0.191 e. The maximum absolute atomic E-state index is 12.4. The Morgan fingerprint density at radius 3 is 2.65 bits per heavy atom. The molecular formula is C22H33IN4O2S2. The SMILES string of the molecule is CCNC(=NCC(c1cccs1)N1CCOCC1)NCCS(=O)Cc1ccccc1.I. The summed E-state index contributed by atoms with van der Waals surface area (Å²) in [5, 5.41) is 8.78. The molecule has 31 heavy (non-hydrogen) atoms. The molecule has 1 aliphatic heterocycles. The summed E-state index contributed by atoms with van der Waals surface area (Å²) in [5.41, 5.74) is 1.11. The fourth-order valence-corrected chi connectivity index (χ4v) is 5.28. The van der Waals surface area contributed by atoms with Crippen molar-refractivity contribution in [3.63, 3.8) is 0 Å². The number of nitrogens with zero attached hydrogens (tertiary/aromatic N) is 2. The van der Waals surface area contributed by atoms with Crippen molar-refractivity contribution in [2.45, 2.75) is 18.7 Å². The third-order valence-electron chi connectivity index (χ3n) is 4.92. The van der Waals surface area contributed by atoms with Crippen LogP contribution in [0.4, 0.5) is 0 Å². The molecule has 1 aliphatic rings. The fourth-order valence-electron chi connectivity index (χ4n) is 3.39. The minimum atomic E-state index is -0.898. The van der Waals surface area contributed by atoms with Crippen molar-refractivity contribution < 1.29 is 8.95 Å². The summed E-state index contributed by atoms with van der Waals surface area (Å²) in [6.45, 7) is 7.58. The van der Waals surface area contributed by atoms with Gasteiger partial charge in [-0.1, -0.05) is 36.4 Å². The van der Waals surface area contributed by atoms with E-state index in [-0.39, 0.29) is 30.0 Å². The number of thiophene rings is 1. The number of benzene rings is 1. The summed E-state index contributed by atoms with van der Waals surface area (Å²) in [4.78, 5) is 8.63. The predicted molar refractivity (Wildman–Crippen MR) is 142 cm³/mol. The number of guanidine groups is 1. The first-order valence-corrected chi connectivity index (χ1v) is 12.9. The molecule has 0 radical (unpaired) electrons. The van der Waals surface area contributed by atoms with E-state index in [0.29, 0.717) is 24.6 Å². The molecule has 9 heteroatoms. The lowest BCUT2D eigenvalue weighted by Gasteiger charge is -2.33. The standard InChI is InChI=1S/C22H32N4O2S2.HI/c1-2-23-22(24-10-16-30(27)18-19-7-4-3-5-8-19)25-17-20(21-9-6-15-29-21)26-11-13-28-14-12-26;/h3-9,15,20H,2,10-14,16-18H2,1H3,(H2,23,24,25);1H. The first kappa shape index (κ1) is 26.2. The minimum Gasteiger partial charge on any atom is -0.379 e. The topological polar surface area (TPSA) is 66.0 Å². The first-order valence-electron chi connectivity index (χ1n) is 10.5. The number of nitrogens with one attached hydrogen (secondary N) is 2. The van der Waals surface area contributed by atoms with E-state index in [1.807, 2.05) is 30.3 Å². The lowest BCUT2D eigenvalue weighted by atomic mass is 10.2. The monoisotopic (exact) mass is 576 g/mol. The molecule has 0 aliphatic carbocycles. The van der Waals surface area contributed by atoms with Crippen molar-refractivity contribution in [2.24, 2.45) is 4.99 Å². The molecule has 3 rings (SSSR count). The average Bonchev–Trinajstić information content (AvgIpc) is 3.30. The van der Waals surface area contributed by atoms with E-state index in [4.69, 9.17) is 9.73 Å². The van der Waals surface area contributed by atoms with Crippen molar-refractivity contribution in [1.29, 1.82) is 0 Å². The van der Waals surface area contributed by atoms with Gasteiger partial charge in [0.15, 0.2) is 5.96 Å². The number of halogens is 1. The molecule has 2 unspecified atom stereocenters. The molecule has 1 fully saturated rings. The zero-order valence-corrected chi connectivity index (χ0v) is 22.0. The highest BCUT2D eigenvalue weighted by Gasteiger charge is 2.23. The molecule has 2 N–H and O–H groups in total. The summed E-state index contributed by atoms with van der Waals surface area (Å²) >= 11 is 1.78. The first-order chi connectivity index (χ1) is 14.8. The minimum absolute atomic E-state index is 0. The Labute approximate surface area is 209 Å². The Bertz CT molecular complexity index is 784. The molecule has 6 nitrogen and oxygen atoms in total. The van der Waals surface area contributed by atoms with Crippen LogP contribution in [0.2, 0.25) is 0 Å². The van der Waals surface area contributed by atoms with E-state index in [9.17, 15) is 4.21 Å². The highest BCUT2D eigenvalue weighted by Crippen LogP contribution is 2.26. The van der Waals surface area contributed by atoms with Gasteiger partial charge in [0, 0.05) is 53.4 Å². The van der Waals surface area contributed by atoms with Crippen molar-refractivity contribution in [3.8, 4) is 0 Å². The Kier molecular flexibility index (Phi) is 12.6. The number of aliphatic imine (C=N–C) groups is 1. The van der Waals surface area contributed by atoms with E-state index in [0.717, 1.165) is 44.4 Å². The zero-order valence-electron chi connectivity index (χ0n) is 18.0. The quantitative estimate of drug-likeness (QED) is 0.259. The summed E-state index contributed by atoms with van der Waals surface area (Å²) in [6, 6.07) is 14.5. The third-order valence-corrected chi connectivity index (χ3v) is 7.21.